The monoisotopic (exact) mass is 394 g/mol. The molecular weight excluding hydrogens is 376 g/mol. The number of amidine groups is 2. The minimum absolute atomic E-state index is 0.102. The van der Waals surface area contributed by atoms with Gasteiger partial charge in [0.2, 0.25) is 5.91 Å². The summed E-state index contributed by atoms with van der Waals surface area (Å²) in [6, 6.07) is 14.3. The number of rotatable bonds is 4. The first-order valence-corrected chi connectivity index (χ1v) is 9.72. The Morgan fingerprint density at radius 3 is 2.79 bits per heavy atom. The number of hydrogen-bond acceptors (Lipinski definition) is 6. The standard InChI is InChI=1S/C20H18N4O3S/c1-12-19(26)24-18(21-12)13-7-3-4-8-14(13)23-20(24)28-11-17(25)22-15-9-5-6-10-16(15)27-2/h3-10,12H,11H2,1-2H3,(H,22,25)/t12-/m0/s1. The zero-order chi connectivity index (χ0) is 19.7. The average molecular weight is 394 g/mol. The van der Waals surface area contributed by atoms with Crippen molar-refractivity contribution in [3.8, 4) is 5.75 Å². The van der Waals surface area contributed by atoms with Gasteiger partial charge in [0, 0.05) is 5.56 Å². The Kier molecular flexibility index (Phi) is 4.87. The molecule has 0 spiro atoms. The Morgan fingerprint density at radius 1 is 1.21 bits per heavy atom. The van der Waals surface area contributed by atoms with Crippen LogP contribution in [0.15, 0.2) is 58.5 Å². The number of fused-ring (bicyclic) bond motifs is 3. The number of carbonyl (C=O) groups excluding carboxylic acids is 2. The molecule has 0 bridgehead atoms. The van der Waals surface area contributed by atoms with E-state index in [-0.39, 0.29) is 17.6 Å². The SMILES string of the molecule is COc1ccccc1NC(=O)CSC1=Nc2ccccc2C2=N[C@@H](C)C(=O)N12. The second kappa shape index (κ2) is 7.47. The lowest BCUT2D eigenvalue weighted by Gasteiger charge is -2.25. The molecule has 7 nitrogen and oxygen atoms in total. The molecule has 0 saturated heterocycles. The fourth-order valence-electron chi connectivity index (χ4n) is 3.04. The van der Waals surface area contributed by atoms with Gasteiger partial charge in [0.15, 0.2) is 5.17 Å². The first kappa shape index (κ1) is 18.2. The van der Waals surface area contributed by atoms with Crippen LogP contribution in [0, 0.1) is 0 Å². The Bertz CT molecular complexity index is 1020. The fraction of sp³-hybridized carbons (Fsp3) is 0.200. The van der Waals surface area contributed by atoms with Crippen LogP contribution in [0.25, 0.3) is 0 Å². The largest absolute Gasteiger partial charge is 0.495 e. The Labute approximate surface area is 166 Å². The summed E-state index contributed by atoms with van der Waals surface area (Å²) in [5.41, 5.74) is 2.16. The topological polar surface area (TPSA) is 83.4 Å². The quantitative estimate of drug-likeness (QED) is 0.864. The van der Waals surface area contributed by atoms with Crippen LogP contribution in [0.3, 0.4) is 0 Å². The normalized spacial score (nSPS) is 17.4. The highest BCUT2D eigenvalue weighted by molar-refractivity contribution is 8.14. The van der Waals surface area contributed by atoms with Crippen LogP contribution in [0.5, 0.6) is 5.75 Å². The number of methoxy groups -OCH3 is 1. The molecule has 8 heteroatoms. The molecule has 2 aromatic rings. The van der Waals surface area contributed by atoms with Gasteiger partial charge in [-0.2, -0.15) is 0 Å². The summed E-state index contributed by atoms with van der Waals surface area (Å²) in [6.45, 7) is 1.76. The summed E-state index contributed by atoms with van der Waals surface area (Å²) in [5, 5.41) is 3.29. The van der Waals surface area contributed by atoms with E-state index in [1.807, 2.05) is 36.4 Å². The van der Waals surface area contributed by atoms with Crippen LogP contribution < -0.4 is 10.1 Å². The van der Waals surface area contributed by atoms with Gasteiger partial charge in [0.05, 0.1) is 24.2 Å². The summed E-state index contributed by atoms with van der Waals surface area (Å²) in [4.78, 5) is 35.6. The second-order valence-corrected chi connectivity index (χ2v) is 7.19. The highest BCUT2D eigenvalue weighted by Gasteiger charge is 2.39. The summed E-state index contributed by atoms with van der Waals surface area (Å²) >= 11 is 1.21. The van der Waals surface area contributed by atoms with Crippen LogP contribution in [-0.4, -0.2) is 46.6 Å². The maximum Gasteiger partial charge on any atom is 0.258 e. The van der Waals surface area contributed by atoms with E-state index < -0.39 is 6.04 Å². The van der Waals surface area contributed by atoms with Gasteiger partial charge in [0.1, 0.15) is 17.6 Å². The van der Waals surface area contributed by atoms with Crippen LogP contribution in [-0.2, 0) is 9.59 Å². The number of aliphatic imine (C=N–C) groups is 2. The van der Waals surface area contributed by atoms with Gasteiger partial charge in [-0.1, -0.05) is 36.0 Å². The van der Waals surface area contributed by atoms with Gasteiger partial charge in [-0.15, -0.1) is 0 Å². The van der Waals surface area contributed by atoms with Crippen molar-refractivity contribution in [3.05, 3.63) is 54.1 Å². The molecule has 0 unspecified atom stereocenters. The van der Waals surface area contributed by atoms with Gasteiger partial charge >= 0.3 is 0 Å². The van der Waals surface area contributed by atoms with Crippen molar-refractivity contribution in [1.29, 1.82) is 0 Å². The molecule has 0 fully saturated rings. The number of nitrogens with zero attached hydrogens (tertiary/aromatic N) is 3. The smallest absolute Gasteiger partial charge is 0.258 e. The van der Waals surface area contributed by atoms with Gasteiger partial charge in [0.25, 0.3) is 5.91 Å². The van der Waals surface area contributed by atoms with E-state index in [0.29, 0.717) is 22.4 Å². The van der Waals surface area contributed by atoms with Crippen LogP contribution in [0.4, 0.5) is 11.4 Å². The van der Waals surface area contributed by atoms with E-state index in [0.717, 1.165) is 11.3 Å². The maximum absolute atomic E-state index is 12.6. The number of benzene rings is 2. The van der Waals surface area contributed by atoms with Crippen molar-refractivity contribution in [2.45, 2.75) is 13.0 Å². The molecule has 2 aromatic carbocycles. The zero-order valence-electron chi connectivity index (χ0n) is 15.4. The summed E-state index contributed by atoms with van der Waals surface area (Å²) in [6.07, 6.45) is 0. The summed E-state index contributed by atoms with van der Waals surface area (Å²) < 4.78 is 5.25. The fourth-order valence-corrected chi connectivity index (χ4v) is 3.84. The lowest BCUT2D eigenvalue weighted by molar-refractivity contribution is -0.124. The third-order valence-electron chi connectivity index (χ3n) is 4.37. The molecule has 2 aliphatic rings. The molecule has 142 valence electrons. The highest BCUT2D eigenvalue weighted by atomic mass is 32.2. The minimum atomic E-state index is -0.464. The second-order valence-electron chi connectivity index (χ2n) is 6.25. The molecule has 0 aliphatic carbocycles. The minimum Gasteiger partial charge on any atom is -0.495 e. The molecule has 1 atom stereocenters. The number of anilines is 1. The predicted molar refractivity (Wildman–Crippen MR) is 110 cm³/mol. The van der Waals surface area contributed by atoms with Crippen molar-refractivity contribution in [2.24, 2.45) is 9.98 Å². The molecule has 28 heavy (non-hydrogen) atoms. The van der Waals surface area contributed by atoms with Gasteiger partial charge < -0.3 is 10.1 Å². The molecular formula is C20H18N4O3S. The first-order chi connectivity index (χ1) is 13.6. The molecule has 4 rings (SSSR count). The van der Waals surface area contributed by atoms with Gasteiger partial charge in [-0.25, -0.2) is 9.89 Å². The molecule has 1 N–H and O–H groups in total. The molecule has 2 heterocycles. The highest BCUT2D eigenvalue weighted by Crippen LogP contribution is 2.33. The van der Waals surface area contributed by atoms with E-state index in [1.54, 1.807) is 26.2 Å². The van der Waals surface area contributed by atoms with E-state index >= 15 is 0 Å². The number of para-hydroxylation sites is 3. The third-order valence-corrected chi connectivity index (χ3v) is 5.31. The lowest BCUT2D eigenvalue weighted by Crippen LogP contribution is -2.41. The molecule has 0 radical (unpaired) electrons. The number of thioether (sulfide) groups is 1. The first-order valence-electron chi connectivity index (χ1n) is 8.74. The van der Waals surface area contributed by atoms with Gasteiger partial charge in [-0.05, 0) is 31.2 Å². The Balaban J connectivity index is 1.53. The molecule has 0 aromatic heterocycles. The number of nitrogens with one attached hydrogen (secondary N) is 1. The summed E-state index contributed by atoms with van der Waals surface area (Å²) in [5.74, 6) is 0.929. The zero-order valence-corrected chi connectivity index (χ0v) is 16.2. The summed E-state index contributed by atoms with van der Waals surface area (Å²) in [7, 11) is 1.55. The number of amides is 2. The van der Waals surface area contributed by atoms with Gasteiger partial charge in [-0.3, -0.25) is 14.6 Å². The Hall–Kier alpha value is -3.13. The number of hydrogen-bond donors (Lipinski definition) is 1. The lowest BCUT2D eigenvalue weighted by atomic mass is 10.1. The maximum atomic E-state index is 12.6. The number of carbonyl (C=O) groups is 2. The van der Waals surface area contributed by atoms with Crippen molar-refractivity contribution in [1.82, 2.24) is 4.90 Å². The van der Waals surface area contributed by atoms with Crippen molar-refractivity contribution >= 4 is 46.0 Å². The number of ether oxygens (including phenoxy) is 1. The third kappa shape index (κ3) is 3.27. The average Bonchev–Trinajstić information content (AvgIpc) is 3.01. The predicted octanol–water partition coefficient (Wildman–Crippen LogP) is 3.05. The van der Waals surface area contributed by atoms with E-state index in [9.17, 15) is 9.59 Å². The van der Waals surface area contributed by atoms with E-state index in [2.05, 4.69) is 15.3 Å². The molecule has 0 saturated carbocycles. The van der Waals surface area contributed by atoms with E-state index in [1.165, 1.54) is 16.7 Å². The van der Waals surface area contributed by atoms with Crippen molar-refractivity contribution in [3.63, 3.8) is 0 Å². The Morgan fingerprint density at radius 2 is 1.96 bits per heavy atom. The molecule has 2 aliphatic heterocycles. The van der Waals surface area contributed by atoms with Crippen LogP contribution >= 0.6 is 11.8 Å². The van der Waals surface area contributed by atoms with Crippen molar-refractivity contribution in [2.75, 3.05) is 18.2 Å². The van der Waals surface area contributed by atoms with Crippen LogP contribution in [0.2, 0.25) is 0 Å². The van der Waals surface area contributed by atoms with E-state index in [4.69, 9.17) is 4.74 Å². The molecule has 2 amide bonds. The van der Waals surface area contributed by atoms with Crippen LogP contribution in [0.1, 0.15) is 12.5 Å². The van der Waals surface area contributed by atoms with Crippen molar-refractivity contribution < 1.29 is 14.3 Å².